The molecule has 0 saturated heterocycles. The molecule has 1 atom stereocenters. The van der Waals surface area contributed by atoms with Crippen molar-refractivity contribution >= 4 is 0 Å². The van der Waals surface area contributed by atoms with Crippen LogP contribution in [-0.2, 0) is 10.3 Å². The Bertz CT molecular complexity index is 281. The minimum Gasteiger partial charge on any atom is -0.371 e. The molecular formula is C8H15N3O2. The number of rotatable bonds is 3. The Morgan fingerprint density at radius 1 is 1.54 bits per heavy atom. The van der Waals surface area contributed by atoms with E-state index in [2.05, 4.69) is 10.1 Å². The van der Waals surface area contributed by atoms with Gasteiger partial charge < -0.3 is 15.0 Å². The molecule has 1 aromatic rings. The monoisotopic (exact) mass is 185 g/mol. The molecule has 13 heavy (non-hydrogen) atoms. The van der Waals surface area contributed by atoms with E-state index in [4.69, 9.17) is 15.0 Å². The second-order valence-electron chi connectivity index (χ2n) is 3.46. The Hall–Kier alpha value is -0.940. The molecule has 1 aromatic heterocycles. The number of nitrogens with two attached hydrogens (primary N) is 1. The van der Waals surface area contributed by atoms with Gasteiger partial charge in [0.25, 0.3) is 0 Å². The highest BCUT2D eigenvalue weighted by atomic mass is 16.5. The summed E-state index contributed by atoms with van der Waals surface area (Å²) >= 11 is 0. The summed E-state index contributed by atoms with van der Waals surface area (Å²) in [6, 6.07) is -0.242. The van der Waals surface area contributed by atoms with E-state index in [-0.39, 0.29) is 6.04 Å². The van der Waals surface area contributed by atoms with E-state index in [1.807, 2.05) is 13.8 Å². The van der Waals surface area contributed by atoms with Crippen LogP contribution in [0.3, 0.4) is 0 Å². The van der Waals surface area contributed by atoms with Crippen molar-refractivity contribution in [2.75, 3.05) is 7.11 Å². The lowest BCUT2D eigenvalue weighted by atomic mass is 10.1. The molecule has 0 aliphatic heterocycles. The first-order valence-corrected chi connectivity index (χ1v) is 4.12. The summed E-state index contributed by atoms with van der Waals surface area (Å²) < 4.78 is 10.1. The zero-order valence-corrected chi connectivity index (χ0v) is 8.37. The van der Waals surface area contributed by atoms with Gasteiger partial charge in [-0.2, -0.15) is 4.98 Å². The molecule has 1 heterocycles. The maximum Gasteiger partial charge on any atom is 0.243 e. The smallest absolute Gasteiger partial charge is 0.243 e. The molecule has 0 bridgehead atoms. The van der Waals surface area contributed by atoms with E-state index in [9.17, 15) is 0 Å². The van der Waals surface area contributed by atoms with Crippen molar-refractivity contribution in [3.63, 3.8) is 0 Å². The molecule has 1 rings (SSSR count). The topological polar surface area (TPSA) is 74.2 Å². The van der Waals surface area contributed by atoms with Crippen LogP contribution >= 0.6 is 0 Å². The van der Waals surface area contributed by atoms with Crippen molar-refractivity contribution in [3.8, 4) is 0 Å². The molecule has 0 spiro atoms. The molecule has 2 N–H and O–H groups in total. The zero-order valence-electron chi connectivity index (χ0n) is 8.37. The highest BCUT2D eigenvalue weighted by molar-refractivity contribution is 4.98. The largest absolute Gasteiger partial charge is 0.371 e. The van der Waals surface area contributed by atoms with Gasteiger partial charge in [0.05, 0.1) is 6.04 Å². The number of ether oxygens (including phenoxy) is 1. The van der Waals surface area contributed by atoms with Gasteiger partial charge in [0.2, 0.25) is 11.7 Å². The third-order valence-electron chi connectivity index (χ3n) is 1.88. The molecule has 0 amide bonds. The minimum absolute atomic E-state index is 0.242. The Morgan fingerprint density at radius 3 is 2.54 bits per heavy atom. The number of methoxy groups -OCH3 is 1. The summed E-state index contributed by atoms with van der Waals surface area (Å²) in [6.07, 6.45) is 0. The van der Waals surface area contributed by atoms with Gasteiger partial charge in [-0.15, -0.1) is 0 Å². The fraction of sp³-hybridized carbons (Fsp3) is 0.750. The Labute approximate surface area is 77.3 Å². The normalized spacial score (nSPS) is 14.5. The SMILES string of the molecule is COC(C)(C)c1noc([C@H](C)N)n1. The number of hydrogen-bond donors (Lipinski definition) is 1. The molecule has 5 heteroatoms. The van der Waals surface area contributed by atoms with Gasteiger partial charge in [-0.1, -0.05) is 5.16 Å². The highest BCUT2D eigenvalue weighted by Crippen LogP contribution is 2.21. The van der Waals surface area contributed by atoms with E-state index in [0.717, 1.165) is 0 Å². The van der Waals surface area contributed by atoms with Crippen molar-refractivity contribution in [3.05, 3.63) is 11.7 Å². The predicted octanol–water partition coefficient (Wildman–Crippen LogP) is 0.971. The standard InChI is InChI=1S/C8H15N3O2/c1-5(9)6-10-7(11-13-6)8(2,3)12-4/h5H,9H2,1-4H3/t5-/m0/s1. The summed E-state index contributed by atoms with van der Waals surface area (Å²) in [6.45, 7) is 5.52. The van der Waals surface area contributed by atoms with Crippen LogP contribution in [0.15, 0.2) is 4.52 Å². The van der Waals surface area contributed by atoms with E-state index < -0.39 is 5.60 Å². The molecule has 0 aliphatic rings. The van der Waals surface area contributed by atoms with Crippen molar-refractivity contribution in [1.82, 2.24) is 10.1 Å². The fourth-order valence-electron chi connectivity index (χ4n) is 0.756. The van der Waals surface area contributed by atoms with E-state index in [0.29, 0.717) is 11.7 Å². The molecule has 0 aliphatic carbocycles. The van der Waals surface area contributed by atoms with Gasteiger partial charge in [0.15, 0.2) is 0 Å². The first-order chi connectivity index (χ1) is 5.97. The molecule has 0 unspecified atom stereocenters. The Balaban J connectivity index is 2.91. The number of nitrogens with zero attached hydrogens (tertiary/aromatic N) is 2. The average molecular weight is 185 g/mol. The van der Waals surface area contributed by atoms with Gasteiger partial charge >= 0.3 is 0 Å². The highest BCUT2D eigenvalue weighted by Gasteiger charge is 2.26. The first-order valence-electron chi connectivity index (χ1n) is 4.12. The van der Waals surface area contributed by atoms with Crippen LogP contribution in [0.5, 0.6) is 0 Å². The van der Waals surface area contributed by atoms with E-state index >= 15 is 0 Å². The van der Waals surface area contributed by atoms with Crippen LogP contribution in [0.2, 0.25) is 0 Å². The first kappa shape index (κ1) is 10.1. The molecule has 0 radical (unpaired) electrons. The molecule has 0 saturated carbocycles. The van der Waals surface area contributed by atoms with E-state index in [1.165, 1.54) is 0 Å². The maximum absolute atomic E-state index is 5.57. The lowest BCUT2D eigenvalue weighted by Crippen LogP contribution is -2.21. The Kier molecular flexibility index (Phi) is 2.68. The van der Waals surface area contributed by atoms with E-state index in [1.54, 1.807) is 14.0 Å². The van der Waals surface area contributed by atoms with Crippen molar-refractivity contribution < 1.29 is 9.26 Å². The van der Waals surface area contributed by atoms with Gasteiger partial charge in [-0.25, -0.2) is 0 Å². The summed E-state index contributed by atoms with van der Waals surface area (Å²) in [5.74, 6) is 0.947. The summed E-state index contributed by atoms with van der Waals surface area (Å²) in [4.78, 5) is 4.12. The second-order valence-corrected chi connectivity index (χ2v) is 3.46. The maximum atomic E-state index is 5.57. The van der Waals surface area contributed by atoms with Gasteiger partial charge in [-0.05, 0) is 20.8 Å². The third kappa shape index (κ3) is 2.05. The zero-order chi connectivity index (χ0) is 10.1. The van der Waals surface area contributed by atoms with Crippen molar-refractivity contribution in [2.45, 2.75) is 32.4 Å². The Morgan fingerprint density at radius 2 is 2.15 bits per heavy atom. The number of hydrogen-bond acceptors (Lipinski definition) is 5. The van der Waals surface area contributed by atoms with Crippen LogP contribution < -0.4 is 5.73 Å². The van der Waals surface area contributed by atoms with Crippen LogP contribution in [0, 0.1) is 0 Å². The molecular weight excluding hydrogens is 170 g/mol. The lowest BCUT2D eigenvalue weighted by molar-refractivity contribution is 0.00973. The summed E-state index contributed by atoms with van der Waals surface area (Å²) in [7, 11) is 1.60. The van der Waals surface area contributed by atoms with Crippen LogP contribution in [0.4, 0.5) is 0 Å². The quantitative estimate of drug-likeness (QED) is 0.759. The molecule has 5 nitrogen and oxygen atoms in total. The average Bonchev–Trinajstić information content (AvgIpc) is 2.52. The van der Waals surface area contributed by atoms with Crippen LogP contribution in [0.25, 0.3) is 0 Å². The van der Waals surface area contributed by atoms with Crippen molar-refractivity contribution in [1.29, 1.82) is 0 Å². The minimum atomic E-state index is -0.531. The van der Waals surface area contributed by atoms with Crippen LogP contribution in [0.1, 0.15) is 38.5 Å². The lowest BCUT2D eigenvalue weighted by Gasteiger charge is -2.17. The summed E-state index contributed by atoms with van der Waals surface area (Å²) in [5, 5.41) is 3.79. The molecule has 74 valence electrons. The van der Waals surface area contributed by atoms with Crippen LogP contribution in [-0.4, -0.2) is 17.3 Å². The summed E-state index contributed by atoms with van der Waals surface area (Å²) in [5.41, 5.74) is 5.04. The molecule has 0 aromatic carbocycles. The second kappa shape index (κ2) is 3.43. The van der Waals surface area contributed by atoms with Gasteiger partial charge in [0.1, 0.15) is 5.60 Å². The predicted molar refractivity (Wildman–Crippen MR) is 46.9 cm³/mol. The van der Waals surface area contributed by atoms with Gasteiger partial charge in [0, 0.05) is 7.11 Å². The van der Waals surface area contributed by atoms with Gasteiger partial charge in [-0.3, -0.25) is 0 Å². The fourth-order valence-corrected chi connectivity index (χ4v) is 0.756. The number of aromatic nitrogens is 2. The van der Waals surface area contributed by atoms with Crippen molar-refractivity contribution in [2.24, 2.45) is 5.73 Å². The third-order valence-corrected chi connectivity index (χ3v) is 1.88. The molecule has 0 fully saturated rings.